The van der Waals surface area contributed by atoms with E-state index < -0.39 is 5.60 Å². The van der Waals surface area contributed by atoms with Crippen molar-refractivity contribution < 1.29 is 5.11 Å². The highest BCUT2D eigenvalue weighted by Crippen LogP contribution is 2.34. The molecule has 0 heterocycles. The first-order valence-electron chi connectivity index (χ1n) is 5.71. The summed E-state index contributed by atoms with van der Waals surface area (Å²) in [6.07, 6.45) is 6.20. The predicted octanol–water partition coefficient (Wildman–Crippen LogP) is 1.78. The third-order valence-corrected chi connectivity index (χ3v) is 2.93. The predicted molar refractivity (Wildman–Crippen MR) is 62.9 cm³/mol. The van der Waals surface area contributed by atoms with Gasteiger partial charge < -0.3 is 16.6 Å². The quantitative estimate of drug-likeness (QED) is 0.662. The minimum atomic E-state index is -0.905. The summed E-state index contributed by atoms with van der Waals surface area (Å²) in [5.41, 5.74) is 13.0. The molecule has 0 aromatic rings. The Bertz CT molecular complexity index is 294. The first-order chi connectivity index (χ1) is 7.03. The summed E-state index contributed by atoms with van der Waals surface area (Å²) in [7, 11) is 0. The zero-order chi connectivity index (χ0) is 11.5. The largest absolute Gasteiger partial charge is 0.398 e. The van der Waals surface area contributed by atoms with Crippen LogP contribution in [0.3, 0.4) is 0 Å². The van der Waals surface area contributed by atoms with Crippen LogP contribution in [0.2, 0.25) is 0 Å². The molecular formula is C12H22N2O. The average molecular weight is 210 g/mol. The fourth-order valence-corrected chi connectivity index (χ4v) is 2.21. The van der Waals surface area contributed by atoms with E-state index in [1.54, 1.807) is 0 Å². The second-order valence-electron chi connectivity index (χ2n) is 4.38. The molecule has 5 N–H and O–H groups in total. The Morgan fingerprint density at radius 3 is 2.53 bits per heavy atom. The Hall–Kier alpha value is -0.960. The van der Waals surface area contributed by atoms with Crippen molar-refractivity contribution in [2.45, 2.75) is 51.6 Å². The van der Waals surface area contributed by atoms with Crippen molar-refractivity contribution in [2.75, 3.05) is 0 Å². The minimum absolute atomic E-state index is 0.448. The first-order valence-corrected chi connectivity index (χ1v) is 5.71. The van der Waals surface area contributed by atoms with Crippen LogP contribution in [0, 0.1) is 0 Å². The lowest BCUT2D eigenvalue weighted by Crippen LogP contribution is -2.40. The van der Waals surface area contributed by atoms with Crippen molar-refractivity contribution in [2.24, 2.45) is 11.5 Å². The SMILES string of the molecule is CCCC1=CC(N)=C(N)C(O)(CCC)C1. The van der Waals surface area contributed by atoms with Gasteiger partial charge in [0, 0.05) is 6.42 Å². The smallest absolute Gasteiger partial charge is 0.109 e. The Balaban J connectivity index is 2.92. The maximum absolute atomic E-state index is 10.4. The molecule has 0 fully saturated rings. The summed E-state index contributed by atoms with van der Waals surface area (Å²) in [6.45, 7) is 4.16. The Labute approximate surface area is 91.8 Å². The maximum Gasteiger partial charge on any atom is 0.109 e. The molecule has 1 aliphatic rings. The van der Waals surface area contributed by atoms with E-state index in [1.165, 1.54) is 5.57 Å². The van der Waals surface area contributed by atoms with Crippen molar-refractivity contribution in [1.29, 1.82) is 0 Å². The third-order valence-electron chi connectivity index (χ3n) is 2.93. The number of hydrogen-bond acceptors (Lipinski definition) is 3. The Morgan fingerprint density at radius 1 is 1.33 bits per heavy atom. The van der Waals surface area contributed by atoms with E-state index in [2.05, 4.69) is 6.92 Å². The van der Waals surface area contributed by atoms with Crippen LogP contribution in [-0.2, 0) is 0 Å². The molecular weight excluding hydrogens is 188 g/mol. The van der Waals surface area contributed by atoms with Gasteiger partial charge in [0.1, 0.15) is 5.60 Å². The summed E-state index contributed by atoms with van der Waals surface area (Å²) in [5, 5.41) is 10.4. The second kappa shape index (κ2) is 4.71. The summed E-state index contributed by atoms with van der Waals surface area (Å²) >= 11 is 0. The minimum Gasteiger partial charge on any atom is -0.398 e. The van der Waals surface area contributed by atoms with E-state index in [1.807, 2.05) is 13.0 Å². The van der Waals surface area contributed by atoms with Crippen LogP contribution in [0.5, 0.6) is 0 Å². The van der Waals surface area contributed by atoms with Gasteiger partial charge in [-0.05, 0) is 18.9 Å². The molecule has 0 spiro atoms. The van der Waals surface area contributed by atoms with Crippen LogP contribution in [0.1, 0.15) is 46.0 Å². The van der Waals surface area contributed by atoms with Gasteiger partial charge in [-0.2, -0.15) is 0 Å². The summed E-state index contributed by atoms with van der Waals surface area (Å²) in [6, 6.07) is 0. The van der Waals surface area contributed by atoms with Crippen LogP contribution in [0.4, 0.5) is 0 Å². The summed E-state index contributed by atoms with van der Waals surface area (Å²) < 4.78 is 0. The van der Waals surface area contributed by atoms with E-state index in [4.69, 9.17) is 11.5 Å². The number of allylic oxidation sites excluding steroid dienone is 1. The van der Waals surface area contributed by atoms with E-state index in [0.717, 1.165) is 19.3 Å². The topological polar surface area (TPSA) is 72.3 Å². The van der Waals surface area contributed by atoms with Crippen LogP contribution in [0.25, 0.3) is 0 Å². The third kappa shape index (κ3) is 2.53. The molecule has 0 amide bonds. The van der Waals surface area contributed by atoms with Gasteiger partial charge in [-0.3, -0.25) is 0 Å². The zero-order valence-electron chi connectivity index (χ0n) is 9.71. The van der Waals surface area contributed by atoms with E-state index >= 15 is 0 Å². The fourth-order valence-electron chi connectivity index (χ4n) is 2.21. The molecule has 0 aromatic carbocycles. The van der Waals surface area contributed by atoms with Gasteiger partial charge in [0.25, 0.3) is 0 Å². The van der Waals surface area contributed by atoms with Crippen molar-refractivity contribution in [3.8, 4) is 0 Å². The molecule has 3 heteroatoms. The Kier molecular flexibility index (Phi) is 3.80. The Morgan fingerprint density at radius 2 is 2.00 bits per heavy atom. The lowest BCUT2D eigenvalue weighted by Gasteiger charge is -2.33. The lowest BCUT2D eigenvalue weighted by atomic mass is 9.81. The molecule has 0 aromatic heterocycles. The van der Waals surface area contributed by atoms with Gasteiger partial charge >= 0.3 is 0 Å². The monoisotopic (exact) mass is 210 g/mol. The fraction of sp³-hybridized carbons (Fsp3) is 0.667. The standard InChI is InChI=1S/C12H22N2O/c1-3-5-9-7-10(13)11(14)12(15,8-9)6-4-2/h7,15H,3-6,8,13-14H2,1-2H3. The van der Waals surface area contributed by atoms with Crippen molar-refractivity contribution in [3.63, 3.8) is 0 Å². The van der Waals surface area contributed by atoms with Crippen LogP contribution in [-0.4, -0.2) is 10.7 Å². The molecule has 0 radical (unpaired) electrons. The molecule has 15 heavy (non-hydrogen) atoms. The molecule has 0 saturated carbocycles. The maximum atomic E-state index is 10.4. The average Bonchev–Trinajstić information content (AvgIpc) is 2.15. The van der Waals surface area contributed by atoms with E-state index in [-0.39, 0.29) is 0 Å². The van der Waals surface area contributed by atoms with E-state index in [0.29, 0.717) is 24.2 Å². The highest BCUT2D eigenvalue weighted by atomic mass is 16.3. The molecule has 86 valence electrons. The van der Waals surface area contributed by atoms with Gasteiger partial charge in [-0.25, -0.2) is 0 Å². The number of rotatable bonds is 4. The molecule has 1 rings (SSSR count). The van der Waals surface area contributed by atoms with Gasteiger partial charge in [0.2, 0.25) is 0 Å². The van der Waals surface area contributed by atoms with Gasteiger partial charge in [-0.1, -0.05) is 32.3 Å². The molecule has 1 unspecified atom stereocenters. The van der Waals surface area contributed by atoms with Crippen LogP contribution < -0.4 is 11.5 Å². The molecule has 1 aliphatic carbocycles. The van der Waals surface area contributed by atoms with Crippen LogP contribution in [0.15, 0.2) is 23.0 Å². The normalized spacial score (nSPS) is 26.7. The molecule has 1 atom stereocenters. The van der Waals surface area contributed by atoms with Crippen LogP contribution >= 0.6 is 0 Å². The van der Waals surface area contributed by atoms with E-state index in [9.17, 15) is 5.11 Å². The van der Waals surface area contributed by atoms with Crippen molar-refractivity contribution in [3.05, 3.63) is 23.0 Å². The van der Waals surface area contributed by atoms with Crippen molar-refractivity contribution >= 4 is 0 Å². The van der Waals surface area contributed by atoms with Gasteiger partial charge in [-0.15, -0.1) is 0 Å². The molecule has 3 nitrogen and oxygen atoms in total. The zero-order valence-corrected chi connectivity index (χ0v) is 9.71. The highest BCUT2D eigenvalue weighted by molar-refractivity contribution is 5.36. The van der Waals surface area contributed by atoms with Gasteiger partial charge in [0.15, 0.2) is 0 Å². The second-order valence-corrected chi connectivity index (χ2v) is 4.38. The highest BCUT2D eigenvalue weighted by Gasteiger charge is 2.34. The first kappa shape index (κ1) is 12.1. The number of hydrogen-bond donors (Lipinski definition) is 3. The summed E-state index contributed by atoms with van der Waals surface area (Å²) in [4.78, 5) is 0. The number of nitrogens with two attached hydrogens (primary N) is 2. The number of aliphatic hydroxyl groups is 1. The molecule has 0 bridgehead atoms. The van der Waals surface area contributed by atoms with Crippen molar-refractivity contribution in [1.82, 2.24) is 0 Å². The molecule has 0 aliphatic heterocycles. The molecule has 0 saturated heterocycles. The lowest BCUT2D eigenvalue weighted by molar-refractivity contribution is 0.0632. The van der Waals surface area contributed by atoms with Gasteiger partial charge in [0.05, 0.1) is 11.4 Å². The summed E-state index contributed by atoms with van der Waals surface area (Å²) in [5.74, 6) is 0.